The number of allylic oxidation sites excluding steroid dienone is 3. The van der Waals surface area contributed by atoms with Crippen molar-refractivity contribution in [2.75, 3.05) is 11.9 Å². The zero-order valence-corrected chi connectivity index (χ0v) is 15.2. The number of ether oxygens (including phenoxy) is 1. The third-order valence-electron chi connectivity index (χ3n) is 3.74. The highest BCUT2D eigenvalue weighted by Gasteiger charge is 2.45. The van der Waals surface area contributed by atoms with E-state index in [1.54, 1.807) is 0 Å². The molecule has 2 aliphatic carbocycles. The smallest absolute Gasteiger partial charge is 0.150 e. The normalized spacial score (nSPS) is 22.0. The van der Waals surface area contributed by atoms with Gasteiger partial charge in [0.05, 0.1) is 11.4 Å². The molecule has 1 aromatic carbocycles. The van der Waals surface area contributed by atoms with Crippen LogP contribution in [-0.4, -0.2) is 7.05 Å². The fraction of sp³-hybridized carbons (Fsp3) is 0.500. The van der Waals surface area contributed by atoms with Gasteiger partial charge in [0, 0.05) is 13.0 Å². The molecule has 1 aliphatic heterocycles. The Hall–Kier alpha value is -1.70. The number of hydrogen-bond acceptors (Lipinski definition) is 2. The van der Waals surface area contributed by atoms with E-state index in [1.807, 2.05) is 53.7 Å². The quantitative estimate of drug-likeness (QED) is 0.581. The molecule has 1 fully saturated rings. The van der Waals surface area contributed by atoms with E-state index in [0.29, 0.717) is 5.92 Å². The molecule has 2 heteroatoms. The van der Waals surface area contributed by atoms with Crippen LogP contribution in [-0.2, 0) is 0 Å². The lowest BCUT2D eigenvalue weighted by atomic mass is 10.1. The van der Waals surface area contributed by atoms with Crippen molar-refractivity contribution in [1.29, 1.82) is 0 Å². The summed E-state index contributed by atoms with van der Waals surface area (Å²) in [5.74, 6) is 3.53. The monoisotopic (exact) mass is 301 g/mol. The van der Waals surface area contributed by atoms with Crippen molar-refractivity contribution >= 4 is 5.69 Å². The summed E-state index contributed by atoms with van der Waals surface area (Å²) in [6, 6.07) is 8.23. The molecule has 22 heavy (non-hydrogen) atoms. The Morgan fingerprint density at radius 2 is 1.64 bits per heavy atom. The second-order valence-corrected chi connectivity index (χ2v) is 4.74. The molecule has 2 unspecified atom stereocenters. The molecular weight excluding hydrogens is 270 g/mol. The van der Waals surface area contributed by atoms with E-state index in [-0.39, 0.29) is 0 Å². The predicted molar refractivity (Wildman–Crippen MR) is 97.3 cm³/mol. The molecule has 4 rings (SSSR count). The number of benzene rings is 1. The second-order valence-electron chi connectivity index (χ2n) is 4.74. The van der Waals surface area contributed by atoms with Crippen LogP contribution >= 0.6 is 0 Å². The molecule has 2 atom stereocenters. The highest BCUT2D eigenvalue weighted by atomic mass is 16.5. The molecule has 0 bridgehead atoms. The summed E-state index contributed by atoms with van der Waals surface area (Å²) >= 11 is 0. The van der Waals surface area contributed by atoms with Gasteiger partial charge < -0.3 is 9.64 Å². The summed E-state index contributed by atoms with van der Waals surface area (Å²) in [6.45, 7) is 12.0. The number of hydrogen-bond donors (Lipinski definition) is 0. The number of para-hydroxylation sites is 2. The van der Waals surface area contributed by atoms with Gasteiger partial charge in [0.25, 0.3) is 0 Å². The average molecular weight is 301 g/mol. The van der Waals surface area contributed by atoms with Crippen molar-refractivity contribution in [3.05, 3.63) is 47.9 Å². The van der Waals surface area contributed by atoms with Gasteiger partial charge in [0.1, 0.15) is 5.76 Å². The first-order chi connectivity index (χ1) is 10.8. The van der Waals surface area contributed by atoms with E-state index in [4.69, 9.17) is 4.74 Å². The van der Waals surface area contributed by atoms with Crippen LogP contribution in [0.15, 0.2) is 47.9 Å². The van der Waals surface area contributed by atoms with Crippen molar-refractivity contribution in [3.8, 4) is 5.75 Å². The number of likely N-dealkylation sites (N-methyl/N-ethyl adjacent to an activating group) is 1. The van der Waals surface area contributed by atoms with Gasteiger partial charge in [-0.3, -0.25) is 0 Å². The highest BCUT2D eigenvalue weighted by Crippen LogP contribution is 2.52. The number of fused-ring (bicyclic) bond motifs is 3. The van der Waals surface area contributed by atoms with Gasteiger partial charge in [-0.05, 0) is 30.5 Å². The van der Waals surface area contributed by atoms with Crippen LogP contribution in [0.4, 0.5) is 5.69 Å². The molecule has 0 amide bonds. The first kappa shape index (κ1) is 18.3. The van der Waals surface area contributed by atoms with E-state index in [9.17, 15) is 0 Å². The molecule has 2 nitrogen and oxygen atoms in total. The fourth-order valence-corrected chi connectivity index (χ4v) is 2.69. The van der Waals surface area contributed by atoms with Crippen LogP contribution in [0.25, 0.3) is 0 Å². The van der Waals surface area contributed by atoms with Gasteiger partial charge in [-0.2, -0.15) is 0 Å². The summed E-state index contributed by atoms with van der Waals surface area (Å²) in [6.07, 6.45) is 5.78. The molecule has 0 spiro atoms. The Labute approximate surface area is 136 Å². The lowest BCUT2D eigenvalue weighted by Gasteiger charge is -2.32. The van der Waals surface area contributed by atoms with Gasteiger partial charge >= 0.3 is 0 Å². The molecule has 0 N–H and O–H groups in total. The van der Waals surface area contributed by atoms with Gasteiger partial charge in [-0.15, -0.1) is 0 Å². The van der Waals surface area contributed by atoms with E-state index >= 15 is 0 Å². The maximum Gasteiger partial charge on any atom is 0.150 e. The van der Waals surface area contributed by atoms with E-state index < -0.39 is 0 Å². The van der Waals surface area contributed by atoms with Crippen LogP contribution in [0.5, 0.6) is 5.75 Å². The fourth-order valence-electron chi connectivity index (χ4n) is 2.69. The molecule has 1 aromatic rings. The zero-order valence-electron chi connectivity index (χ0n) is 15.2. The van der Waals surface area contributed by atoms with Gasteiger partial charge in [0.2, 0.25) is 0 Å². The van der Waals surface area contributed by atoms with E-state index in [1.165, 1.54) is 17.9 Å². The first-order valence-electron chi connectivity index (χ1n) is 8.77. The molecule has 0 radical (unpaired) electrons. The summed E-state index contributed by atoms with van der Waals surface area (Å²) in [5.41, 5.74) is 2.39. The lowest BCUT2D eigenvalue weighted by molar-refractivity contribution is 0.374. The topological polar surface area (TPSA) is 12.5 Å². The maximum absolute atomic E-state index is 6.05. The Morgan fingerprint density at radius 1 is 1.00 bits per heavy atom. The number of rotatable bonds is 0. The standard InChI is InChI=1S/C14H13NO.3C2H6/c1-15-11-4-2-3-5-13(11)16-14-10-8-9(10)6-7-12(14)15;3*1-2/h2-7,9-10H,8H2,1H3;3*1-2H3. The minimum atomic E-state index is 0.635. The average Bonchev–Trinajstić information content (AvgIpc) is 3.41. The van der Waals surface area contributed by atoms with E-state index in [2.05, 4.69) is 36.2 Å². The van der Waals surface area contributed by atoms with Crippen molar-refractivity contribution in [1.82, 2.24) is 0 Å². The minimum Gasteiger partial charge on any atom is -0.457 e. The van der Waals surface area contributed by atoms with Crippen molar-refractivity contribution < 1.29 is 4.74 Å². The predicted octanol–water partition coefficient (Wildman–Crippen LogP) is 6.01. The van der Waals surface area contributed by atoms with Crippen LogP contribution in [0.1, 0.15) is 48.0 Å². The van der Waals surface area contributed by atoms with Crippen LogP contribution in [0, 0.1) is 11.8 Å². The zero-order chi connectivity index (χ0) is 16.7. The van der Waals surface area contributed by atoms with Crippen LogP contribution in [0.2, 0.25) is 0 Å². The Bertz CT molecular complexity index is 530. The third kappa shape index (κ3) is 3.37. The second kappa shape index (κ2) is 8.67. The largest absolute Gasteiger partial charge is 0.457 e. The summed E-state index contributed by atoms with van der Waals surface area (Å²) in [5, 5.41) is 0. The molecule has 0 saturated heterocycles. The summed E-state index contributed by atoms with van der Waals surface area (Å²) in [7, 11) is 2.11. The Kier molecular flexibility index (Phi) is 7.23. The summed E-state index contributed by atoms with van der Waals surface area (Å²) < 4.78 is 6.05. The minimum absolute atomic E-state index is 0.635. The number of nitrogens with zero attached hydrogens (tertiary/aromatic N) is 1. The molecule has 1 saturated carbocycles. The van der Waals surface area contributed by atoms with Crippen molar-refractivity contribution in [2.45, 2.75) is 48.0 Å². The summed E-state index contributed by atoms with van der Waals surface area (Å²) in [4.78, 5) is 2.24. The number of anilines is 1. The van der Waals surface area contributed by atoms with Crippen molar-refractivity contribution in [2.24, 2.45) is 11.8 Å². The lowest BCUT2D eigenvalue weighted by Crippen LogP contribution is -2.25. The molecule has 1 heterocycles. The Balaban J connectivity index is 0.000000365. The SMILES string of the molecule is CC.CC.CC.CN1C2=C(Oc3ccccc31)C1CC1C=C2. The first-order valence-corrected chi connectivity index (χ1v) is 8.77. The Morgan fingerprint density at radius 3 is 2.32 bits per heavy atom. The van der Waals surface area contributed by atoms with E-state index in [0.717, 1.165) is 17.4 Å². The van der Waals surface area contributed by atoms with Gasteiger partial charge in [0.15, 0.2) is 5.75 Å². The third-order valence-corrected chi connectivity index (χ3v) is 3.74. The molecule has 0 aromatic heterocycles. The van der Waals surface area contributed by atoms with Gasteiger partial charge in [-0.1, -0.05) is 59.8 Å². The van der Waals surface area contributed by atoms with Gasteiger partial charge in [-0.25, -0.2) is 0 Å². The van der Waals surface area contributed by atoms with Crippen molar-refractivity contribution in [3.63, 3.8) is 0 Å². The molecular formula is C20H31NO. The maximum atomic E-state index is 6.05. The molecule has 3 aliphatic rings. The molecule has 122 valence electrons. The van der Waals surface area contributed by atoms with Crippen LogP contribution < -0.4 is 9.64 Å². The highest BCUT2D eigenvalue weighted by molar-refractivity contribution is 5.67. The van der Waals surface area contributed by atoms with Crippen LogP contribution in [0.3, 0.4) is 0 Å².